The topological polar surface area (TPSA) is 53.2 Å². The summed E-state index contributed by atoms with van der Waals surface area (Å²) < 4.78 is 5.37. The minimum Gasteiger partial charge on any atom is -0.386 e. The Labute approximate surface area is 118 Å². The number of hydrogen-bond donors (Lipinski definition) is 1. The zero-order valence-electron chi connectivity index (χ0n) is 13.1. The van der Waals surface area contributed by atoms with Crippen molar-refractivity contribution >= 4 is 0 Å². The van der Waals surface area contributed by atoms with E-state index in [0.29, 0.717) is 12.5 Å². The van der Waals surface area contributed by atoms with Crippen molar-refractivity contribution in [3.05, 3.63) is 0 Å². The molecule has 1 unspecified atom stereocenters. The van der Waals surface area contributed by atoms with Crippen LogP contribution >= 0.6 is 0 Å². The molecule has 0 radical (unpaired) electrons. The molecule has 1 fully saturated rings. The molecule has 0 aliphatic heterocycles. The fourth-order valence-electron chi connectivity index (χ4n) is 3.19. The van der Waals surface area contributed by atoms with Crippen LogP contribution in [0.3, 0.4) is 0 Å². The lowest BCUT2D eigenvalue weighted by atomic mass is 9.59. The molecule has 19 heavy (non-hydrogen) atoms. The van der Waals surface area contributed by atoms with Gasteiger partial charge in [-0.3, -0.25) is 0 Å². The monoisotopic (exact) mass is 267 g/mol. The van der Waals surface area contributed by atoms with Crippen molar-refractivity contribution in [2.45, 2.75) is 65.9 Å². The number of nitrogens with zero attached hydrogens (tertiary/aromatic N) is 1. The molecule has 1 aliphatic carbocycles. The van der Waals surface area contributed by atoms with Crippen molar-refractivity contribution in [2.24, 2.45) is 16.7 Å². The standard InChI is InChI=1S/C16H29NO2/c1-6-19-12-15(5,18)16(11-17)9-7-13(8-10-16)14(2,3)4/h13,18H,6-10,12H2,1-5H3. The Morgan fingerprint density at radius 2 is 1.79 bits per heavy atom. The lowest BCUT2D eigenvalue weighted by molar-refractivity contribution is -0.116. The van der Waals surface area contributed by atoms with Gasteiger partial charge in [0.25, 0.3) is 0 Å². The van der Waals surface area contributed by atoms with Gasteiger partial charge in [0.05, 0.1) is 18.1 Å². The van der Waals surface area contributed by atoms with E-state index in [9.17, 15) is 10.4 Å². The van der Waals surface area contributed by atoms with Crippen LogP contribution in [0.15, 0.2) is 0 Å². The van der Waals surface area contributed by atoms with Gasteiger partial charge in [0.2, 0.25) is 0 Å². The highest BCUT2D eigenvalue weighted by Crippen LogP contribution is 2.50. The van der Waals surface area contributed by atoms with Crippen molar-refractivity contribution in [1.82, 2.24) is 0 Å². The number of hydrogen-bond acceptors (Lipinski definition) is 3. The molecule has 0 amide bonds. The summed E-state index contributed by atoms with van der Waals surface area (Å²) in [5, 5.41) is 20.3. The second kappa shape index (κ2) is 5.81. The first-order chi connectivity index (χ1) is 8.68. The van der Waals surface area contributed by atoms with E-state index in [1.807, 2.05) is 6.92 Å². The fraction of sp³-hybridized carbons (Fsp3) is 0.938. The molecule has 0 saturated heterocycles. The molecule has 3 heteroatoms. The number of ether oxygens (including phenoxy) is 1. The van der Waals surface area contributed by atoms with E-state index in [4.69, 9.17) is 4.74 Å². The van der Waals surface area contributed by atoms with Crippen molar-refractivity contribution in [3.63, 3.8) is 0 Å². The van der Waals surface area contributed by atoms with Gasteiger partial charge in [0.15, 0.2) is 0 Å². The highest BCUT2D eigenvalue weighted by atomic mass is 16.5. The summed E-state index contributed by atoms with van der Waals surface area (Å²) in [6, 6.07) is 2.41. The zero-order valence-corrected chi connectivity index (χ0v) is 13.1. The molecule has 1 saturated carbocycles. The normalized spacial score (nSPS) is 31.5. The maximum atomic E-state index is 10.7. The highest BCUT2D eigenvalue weighted by molar-refractivity contribution is 5.12. The third-order valence-corrected chi connectivity index (χ3v) is 4.90. The van der Waals surface area contributed by atoms with E-state index in [-0.39, 0.29) is 12.0 Å². The molecule has 0 aromatic rings. The third kappa shape index (κ3) is 3.49. The summed E-state index contributed by atoms with van der Waals surface area (Å²) in [5.41, 5.74) is -1.42. The van der Waals surface area contributed by atoms with E-state index in [2.05, 4.69) is 26.8 Å². The molecule has 0 spiro atoms. The van der Waals surface area contributed by atoms with E-state index >= 15 is 0 Å². The van der Waals surface area contributed by atoms with Gasteiger partial charge in [-0.2, -0.15) is 5.26 Å². The smallest absolute Gasteiger partial charge is 0.104 e. The Hall–Kier alpha value is -0.590. The van der Waals surface area contributed by atoms with Crippen LogP contribution in [0.25, 0.3) is 0 Å². The molecule has 3 nitrogen and oxygen atoms in total. The Bertz CT molecular complexity index is 328. The average molecular weight is 267 g/mol. The summed E-state index contributed by atoms with van der Waals surface area (Å²) in [6.45, 7) is 11.3. The predicted molar refractivity (Wildman–Crippen MR) is 76.6 cm³/mol. The molecular weight excluding hydrogens is 238 g/mol. The molecule has 1 rings (SSSR count). The van der Waals surface area contributed by atoms with Gasteiger partial charge >= 0.3 is 0 Å². The molecule has 0 aromatic heterocycles. The van der Waals surface area contributed by atoms with Gasteiger partial charge in [0.1, 0.15) is 5.60 Å². The number of nitriles is 1. The van der Waals surface area contributed by atoms with Crippen molar-refractivity contribution in [3.8, 4) is 6.07 Å². The van der Waals surface area contributed by atoms with Gasteiger partial charge in [-0.15, -0.1) is 0 Å². The van der Waals surface area contributed by atoms with Crippen LogP contribution in [0, 0.1) is 28.1 Å². The Morgan fingerprint density at radius 3 is 2.16 bits per heavy atom. The SMILES string of the molecule is CCOCC(C)(O)C1(C#N)CCC(C(C)(C)C)CC1. The van der Waals surface area contributed by atoms with Gasteiger partial charge < -0.3 is 9.84 Å². The van der Waals surface area contributed by atoms with Crippen LogP contribution < -0.4 is 0 Å². The second-order valence-corrected chi connectivity index (χ2v) is 7.25. The third-order valence-electron chi connectivity index (χ3n) is 4.90. The minimum absolute atomic E-state index is 0.247. The molecule has 1 N–H and O–H groups in total. The summed E-state index contributed by atoms with van der Waals surface area (Å²) >= 11 is 0. The minimum atomic E-state index is -1.05. The maximum Gasteiger partial charge on any atom is 0.104 e. The molecule has 1 aliphatic rings. The summed E-state index contributed by atoms with van der Waals surface area (Å²) in [5.74, 6) is 0.636. The van der Waals surface area contributed by atoms with Crippen molar-refractivity contribution in [2.75, 3.05) is 13.2 Å². The Morgan fingerprint density at radius 1 is 1.26 bits per heavy atom. The number of aliphatic hydroxyl groups is 1. The summed E-state index contributed by atoms with van der Waals surface area (Å²) in [6.07, 6.45) is 3.57. The average Bonchev–Trinajstić information content (AvgIpc) is 2.35. The summed E-state index contributed by atoms with van der Waals surface area (Å²) in [7, 11) is 0. The highest BCUT2D eigenvalue weighted by Gasteiger charge is 2.50. The maximum absolute atomic E-state index is 10.7. The van der Waals surface area contributed by atoms with Gasteiger partial charge in [0, 0.05) is 6.61 Å². The van der Waals surface area contributed by atoms with Crippen molar-refractivity contribution in [1.29, 1.82) is 5.26 Å². The van der Waals surface area contributed by atoms with Crippen molar-refractivity contribution < 1.29 is 9.84 Å². The molecule has 1 atom stereocenters. The number of rotatable bonds is 4. The van der Waals surface area contributed by atoms with Crippen LogP contribution in [0.2, 0.25) is 0 Å². The van der Waals surface area contributed by atoms with Crippen LogP contribution in [0.5, 0.6) is 0 Å². The predicted octanol–water partition coefficient (Wildman–Crippen LogP) is 3.52. The van der Waals surface area contributed by atoms with Crippen LogP contribution in [0.1, 0.15) is 60.3 Å². The first-order valence-electron chi connectivity index (χ1n) is 7.40. The van der Waals surface area contributed by atoms with E-state index in [0.717, 1.165) is 25.7 Å². The largest absolute Gasteiger partial charge is 0.386 e. The van der Waals surface area contributed by atoms with E-state index in [1.165, 1.54) is 0 Å². The molecule has 0 aromatic carbocycles. The van der Waals surface area contributed by atoms with E-state index < -0.39 is 11.0 Å². The Kier molecular flexibility index (Phi) is 5.03. The summed E-state index contributed by atoms with van der Waals surface area (Å²) in [4.78, 5) is 0. The van der Waals surface area contributed by atoms with Gasteiger partial charge in [-0.1, -0.05) is 20.8 Å². The Balaban J connectivity index is 2.78. The lowest BCUT2D eigenvalue weighted by Crippen LogP contribution is -2.51. The molecular formula is C16H29NO2. The zero-order chi connectivity index (χ0) is 14.7. The van der Waals surface area contributed by atoms with E-state index in [1.54, 1.807) is 6.92 Å². The quantitative estimate of drug-likeness (QED) is 0.848. The first-order valence-corrected chi connectivity index (χ1v) is 7.40. The lowest BCUT2D eigenvalue weighted by Gasteiger charge is -2.46. The fourth-order valence-corrected chi connectivity index (χ4v) is 3.19. The van der Waals surface area contributed by atoms with Gasteiger partial charge in [-0.05, 0) is 50.9 Å². The van der Waals surface area contributed by atoms with Crippen LogP contribution in [-0.4, -0.2) is 23.9 Å². The molecule has 0 heterocycles. The van der Waals surface area contributed by atoms with Gasteiger partial charge in [-0.25, -0.2) is 0 Å². The van der Waals surface area contributed by atoms with Crippen LogP contribution in [0.4, 0.5) is 0 Å². The second-order valence-electron chi connectivity index (χ2n) is 7.25. The first kappa shape index (κ1) is 16.5. The molecule has 110 valence electrons. The van der Waals surface area contributed by atoms with Crippen LogP contribution in [-0.2, 0) is 4.74 Å². The molecule has 0 bridgehead atoms.